The van der Waals surface area contributed by atoms with Crippen LogP contribution >= 0.6 is 0 Å². The Bertz CT molecular complexity index is 364. The third-order valence-electron chi connectivity index (χ3n) is 3.15. The Hall–Kier alpha value is -1.85. The van der Waals surface area contributed by atoms with Gasteiger partial charge in [0.05, 0.1) is 6.54 Å². The van der Waals surface area contributed by atoms with Crippen LogP contribution in [-0.2, 0) is 9.59 Å². The highest BCUT2D eigenvalue weighted by atomic mass is 16.2. The standard InChI is InChI=1S/C11H15N3O3/c1-2-9(15)13-4-3-8(6-13)7-14-10(16)5-12-11(14)17/h2,8H,1,3-7H2,(H,12,17). The topological polar surface area (TPSA) is 69.7 Å². The van der Waals surface area contributed by atoms with Gasteiger partial charge in [0.2, 0.25) is 11.8 Å². The van der Waals surface area contributed by atoms with Crippen LogP contribution in [-0.4, -0.2) is 53.8 Å². The molecule has 0 radical (unpaired) electrons. The molecule has 6 heteroatoms. The fraction of sp³-hybridized carbons (Fsp3) is 0.545. The first kappa shape index (κ1) is 11.6. The van der Waals surface area contributed by atoms with Crippen LogP contribution in [0.5, 0.6) is 0 Å². The largest absolute Gasteiger partial charge is 0.339 e. The van der Waals surface area contributed by atoms with Crippen molar-refractivity contribution < 1.29 is 14.4 Å². The summed E-state index contributed by atoms with van der Waals surface area (Å²) < 4.78 is 0. The van der Waals surface area contributed by atoms with Gasteiger partial charge in [-0.2, -0.15) is 0 Å². The van der Waals surface area contributed by atoms with Crippen molar-refractivity contribution in [2.45, 2.75) is 6.42 Å². The van der Waals surface area contributed by atoms with E-state index in [1.165, 1.54) is 11.0 Å². The summed E-state index contributed by atoms with van der Waals surface area (Å²) in [4.78, 5) is 37.0. The molecule has 2 saturated heterocycles. The predicted molar refractivity (Wildman–Crippen MR) is 60.0 cm³/mol. The van der Waals surface area contributed by atoms with Gasteiger partial charge in [-0.3, -0.25) is 14.5 Å². The van der Waals surface area contributed by atoms with Gasteiger partial charge >= 0.3 is 6.03 Å². The molecule has 2 aliphatic heterocycles. The summed E-state index contributed by atoms with van der Waals surface area (Å²) in [6.45, 7) is 5.17. The number of hydrogen-bond donors (Lipinski definition) is 1. The van der Waals surface area contributed by atoms with Crippen LogP contribution in [0.25, 0.3) is 0 Å². The van der Waals surface area contributed by atoms with E-state index in [4.69, 9.17) is 0 Å². The lowest BCUT2D eigenvalue weighted by atomic mass is 10.1. The summed E-state index contributed by atoms with van der Waals surface area (Å²) in [5.41, 5.74) is 0. The van der Waals surface area contributed by atoms with Gasteiger partial charge in [0.25, 0.3) is 0 Å². The van der Waals surface area contributed by atoms with Crippen molar-refractivity contribution >= 4 is 17.8 Å². The van der Waals surface area contributed by atoms with Gasteiger partial charge in [-0.25, -0.2) is 4.79 Å². The molecule has 2 rings (SSSR count). The molecule has 0 aromatic carbocycles. The monoisotopic (exact) mass is 237 g/mol. The highest BCUT2D eigenvalue weighted by molar-refractivity contribution is 6.01. The lowest BCUT2D eigenvalue weighted by molar-refractivity contribution is -0.125. The van der Waals surface area contributed by atoms with E-state index in [0.29, 0.717) is 19.6 Å². The first-order chi connectivity index (χ1) is 8.11. The number of hydrogen-bond acceptors (Lipinski definition) is 3. The molecule has 0 spiro atoms. The highest BCUT2D eigenvalue weighted by Crippen LogP contribution is 2.18. The van der Waals surface area contributed by atoms with Crippen molar-refractivity contribution in [3.8, 4) is 0 Å². The summed E-state index contributed by atoms with van der Waals surface area (Å²) in [7, 11) is 0. The molecule has 4 amide bonds. The van der Waals surface area contributed by atoms with Crippen molar-refractivity contribution in [2.24, 2.45) is 5.92 Å². The maximum absolute atomic E-state index is 11.4. The Balaban J connectivity index is 1.89. The number of imide groups is 1. The number of urea groups is 1. The van der Waals surface area contributed by atoms with E-state index in [0.717, 1.165) is 6.42 Å². The van der Waals surface area contributed by atoms with Gasteiger partial charge in [-0.05, 0) is 18.4 Å². The zero-order chi connectivity index (χ0) is 12.4. The second-order valence-corrected chi connectivity index (χ2v) is 4.31. The Labute approximate surface area is 99.2 Å². The Kier molecular flexibility index (Phi) is 3.12. The zero-order valence-electron chi connectivity index (χ0n) is 9.52. The van der Waals surface area contributed by atoms with Crippen LogP contribution in [0.2, 0.25) is 0 Å². The van der Waals surface area contributed by atoms with E-state index in [9.17, 15) is 14.4 Å². The molecule has 0 aromatic heterocycles. The lowest BCUT2D eigenvalue weighted by Gasteiger charge is -2.18. The number of nitrogens with one attached hydrogen (secondary N) is 1. The zero-order valence-corrected chi connectivity index (χ0v) is 9.52. The maximum Gasteiger partial charge on any atom is 0.324 e. The number of carbonyl (C=O) groups is 3. The average molecular weight is 237 g/mol. The third kappa shape index (κ3) is 2.30. The van der Waals surface area contributed by atoms with Gasteiger partial charge in [-0.15, -0.1) is 0 Å². The molecule has 0 bridgehead atoms. The minimum Gasteiger partial charge on any atom is -0.339 e. The van der Waals surface area contributed by atoms with Gasteiger partial charge < -0.3 is 10.2 Å². The minimum absolute atomic E-state index is 0.0842. The minimum atomic E-state index is -0.330. The molecule has 1 atom stereocenters. The summed E-state index contributed by atoms with van der Waals surface area (Å²) in [5.74, 6) is -0.111. The SMILES string of the molecule is C=CC(=O)N1CCC(CN2C(=O)CNC2=O)C1. The number of nitrogens with zero attached hydrogens (tertiary/aromatic N) is 2. The van der Waals surface area contributed by atoms with Crippen LogP contribution in [0.4, 0.5) is 4.79 Å². The molecule has 0 saturated carbocycles. The van der Waals surface area contributed by atoms with Crippen molar-refractivity contribution in [3.05, 3.63) is 12.7 Å². The Morgan fingerprint density at radius 3 is 2.88 bits per heavy atom. The summed E-state index contributed by atoms with van der Waals surface area (Å²) in [5, 5.41) is 2.48. The first-order valence-corrected chi connectivity index (χ1v) is 5.61. The molecule has 1 N–H and O–H groups in total. The van der Waals surface area contributed by atoms with Crippen molar-refractivity contribution in [1.82, 2.24) is 15.1 Å². The molecule has 2 aliphatic rings. The fourth-order valence-electron chi connectivity index (χ4n) is 2.21. The molecule has 0 aliphatic carbocycles. The Morgan fingerprint density at radius 1 is 1.53 bits per heavy atom. The summed E-state index contributed by atoms with van der Waals surface area (Å²) in [6.07, 6.45) is 2.10. The molecule has 2 heterocycles. The van der Waals surface area contributed by atoms with E-state index in [2.05, 4.69) is 11.9 Å². The summed E-state index contributed by atoms with van der Waals surface area (Å²) >= 11 is 0. The van der Waals surface area contributed by atoms with E-state index >= 15 is 0 Å². The molecule has 1 unspecified atom stereocenters. The number of rotatable bonds is 3. The van der Waals surface area contributed by atoms with E-state index in [1.54, 1.807) is 4.90 Å². The van der Waals surface area contributed by atoms with E-state index in [-0.39, 0.29) is 30.3 Å². The van der Waals surface area contributed by atoms with Gasteiger partial charge in [0, 0.05) is 19.6 Å². The molecular formula is C11H15N3O3. The van der Waals surface area contributed by atoms with Gasteiger partial charge in [0.15, 0.2) is 0 Å². The fourth-order valence-corrected chi connectivity index (χ4v) is 2.21. The van der Waals surface area contributed by atoms with E-state index < -0.39 is 0 Å². The van der Waals surface area contributed by atoms with Crippen molar-refractivity contribution in [1.29, 1.82) is 0 Å². The smallest absolute Gasteiger partial charge is 0.324 e. The highest BCUT2D eigenvalue weighted by Gasteiger charge is 2.33. The second kappa shape index (κ2) is 4.57. The summed E-state index contributed by atoms with van der Waals surface area (Å²) in [6, 6.07) is -0.330. The first-order valence-electron chi connectivity index (χ1n) is 5.61. The molecule has 17 heavy (non-hydrogen) atoms. The van der Waals surface area contributed by atoms with Crippen molar-refractivity contribution in [3.63, 3.8) is 0 Å². The number of carbonyl (C=O) groups excluding carboxylic acids is 3. The third-order valence-corrected chi connectivity index (χ3v) is 3.15. The van der Waals surface area contributed by atoms with Crippen molar-refractivity contribution in [2.75, 3.05) is 26.2 Å². The van der Waals surface area contributed by atoms with Crippen LogP contribution in [0, 0.1) is 5.92 Å². The van der Waals surface area contributed by atoms with Crippen LogP contribution in [0.15, 0.2) is 12.7 Å². The Morgan fingerprint density at radius 2 is 2.29 bits per heavy atom. The number of likely N-dealkylation sites (tertiary alicyclic amines) is 1. The van der Waals surface area contributed by atoms with Crippen LogP contribution in [0.3, 0.4) is 0 Å². The normalized spacial score (nSPS) is 24.1. The van der Waals surface area contributed by atoms with E-state index in [1.807, 2.05) is 0 Å². The lowest BCUT2D eigenvalue weighted by Crippen LogP contribution is -2.36. The molecular weight excluding hydrogens is 222 g/mol. The van der Waals surface area contributed by atoms with Crippen LogP contribution < -0.4 is 5.32 Å². The van der Waals surface area contributed by atoms with Gasteiger partial charge in [0.1, 0.15) is 0 Å². The molecule has 92 valence electrons. The molecule has 0 aromatic rings. The van der Waals surface area contributed by atoms with Gasteiger partial charge in [-0.1, -0.05) is 6.58 Å². The second-order valence-electron chi connectivity index (χ2n) is 4.31. The predicted octanol–water partition coefficient (Wildman–Crippen LogP) is -0.427. The molecule has 6 nitrogen and oxygen atoms in total. The number of amides is 4. The average Bonchev–Trinajstić information content (AvgIpc) is 2.90. The maximum atomic E-state index is 11.4. The van der Waals surface area contributed by atoms with Crippen LogP contribution in [0.1, 0.15) is 6.42 Å². The quantitative estimate of drug-likeness (QED) is 0.535. The molecule has 2 fully saturated rings.